The number of aromatic nitrogens is 4. The van der Waals surface area contributed by atoms with E-state index >= 15 is 0 Å². The zero-order valence-electron chi connectivity index (χ0n) is 18.7. The van der Waals surface area contributed by atoms with Gasteiger partial charge in [-0.25, -0.2) is 0 Å². The average Bonchev–Trinajstić information content (AvgIpc) is 3.22. The molecule has 0 unspecified atom stereocenters. The molecule has 0 saturated carbocycles. The van der Waals surface area contributed by atoms with Crippen LogP contribution in [0.5, 0.6) is 17.2 Å². The Morgan fingerprint density at radius 2 is 1.73 bits per heavy atom. The number of rotatable bonds is 7. The summed E-state index contributed by atoms with van der Waals surface area (Å²) in [6.45, 7) is 1.84. The summed E-state index contributed by atoms with van der Waals surface area (Å²) in [5.41, 5.74) is 3.66. The van der Waals surface area contributed by atoms with Gasteiger partial charge in [0.1, 0.15) is 0 Å². The van der Waals surface area contributed by atoms with Crippen LogP contribution >= 0.6 is 0 Å². The van der Waals surface area contributed by atoms with Gasteiger partial charge in [-0.1, -0.05) is 12.1 Å². The van der Waals surface area contributed by atoms with Crippen molar-refractivity contribution in [3.8, 4) is 28.5 Å². The van der Waals surface area contributed by atoms with Crippen LogP contribution < -0.4 is 19.5 Å². The van der Waals surface area contributed by atoms with Crippen LogP contribution in [0.15, 0.2) is 54.6 Å². The van der Waals surface area contributed by atoms with Gasteiger partial charge in [-0.05, 0) is 55.0 Å². The number of nitrogens with zero attached hydrogens (tertiary/aromatic N) is 4. The Labute approximate surface area is 190 Å². The summed E-state index contributed by atoms with van der Waals surface area (Å²) in [5.74, 6) is 1.94. The van der Waals surface area contributed by atoms with Crippen LogP contribution in [0.4, 0.5) is 5.69 Å². The third-order valence-electron chi connectivity index (χ3n) is 4.96. The summed E-state index contributed by atoms with van der Waals surface area (Å²) in [6.07, 6.45) is 3.12. The van der Waals surface area contributed by atoms with E-state index in [2.05, 4.69) is 20.6 Å². The van der Waals surface area contributed by atoms with Gasteiger partial charge >= 0.3 is 0 Å². The number of aryl methyl sites for hydroxylation is 1. The van der Waals surface area contributed by atoms with Crippen molar-refractivity contribution >= 4 is 23.3 Å². The third-order valence-corrected chi connectivity index (χ3v) is 4.96. The largest absolute Gasteiger partial charge is 0.493 e. The highest BCUT2D eigenvalue weighted by molar-refractivity contribution is 6.02. The van der Waals surface area contributed by atoms with E-state index in [1.54, 1.807) is 44.1 Å². The number of nitrogens with one attached hydrogen (secondary N) is 1. The SMILES string of the molecule is COc1cc(/C=C/C(=O)Nc2cccc(-c3ccc4nnc(C)n4n3)c2)cc(OC)c1OC. The number of carbonyl (C=O) groups excluding carboxylic acids is 1. The van der Waals surface area contributed by atoms with Gasteiger partial charge in [0.25, 0.3) is 0 Å². The van der Waals surface area contributed by atoms with Crippen molar-refractivity contribution in [2.24, 2.45) is 0 Å². The van der Waals surface area contributed by atoms with Crippen LogP contribution in [0.3, 0.4) is 0 Å². The molecular formula is C24H23N5O4. The first-order valence-electron chi connectivity index (χ1n) is 10.1. The predicted octanol–water partition coefficient (Wildman–Crippen LogP) is 3.78. The van der Waals surface area contributed by atoms with Crippen molar-refractivity contribution in [1.29, 1.82) is 0 Å². The molecular weight excluding hydrogens is 422 g/mol. The summed E-state index contributed by atoms with van der Waals surface area (Å²) in [5, 5.41) is 15.5. The molecule has 9 heteroatoms. The second kappa shape index (κ2) is 9.39. The number of carbonyl (C=O) groups is 1. The molecule has 0 radical (unpaired) electrons. The molecule has 0 aliphatic rings. The molecule has 0 spiro atoms. The molecule has 2 aromatic heterocycles. The van der Waals surface area contributed by atoms with E-state index in [0.717, 1.165) is 16.8 Å². The molecule has 1 N–H and O–H groups in total. The number of hydrogen-bond donors (Lipinski definition) is 1. The maximum Gasteiger partial charge on any atom is 0.248 e. The third kappa shape index (κ3) is 4.62. The Morgan fingerprint density at radius 3 is 2.42 bits per heavy atom. The van der Waals surface area contributed by atoms with E-state index < -0.39 is 0 Å². The zero-order chi connectivity index (χ0) is 23.4. The van der Waals surface area contributed by atoms with Crippen molar-refractivity contribution in [2.75, 3.05) is 26.6 Å². The van der Waals surface area contributed by atoms with Gasteiger partial charge in [0.05, 0.1) is 27.0 Å². The zero-order valence-corrected chi connectivity index (χ0v) is 18.7. The van der Waals surface area contributed by atoms with E-state index in [-0.39, 0.29) is 5.91 Å². The van der Waals surface area contributed by atoms with Crippen LogP contribution in [0, 0.1) is 6.92 Å². The highest BCUT2D eigenvalue weighted by Crippen LogP contribution is 2.38. The Hall–Kier alpha value is -4.40. The lowest BCUT2D eigenvalue weighted by atomic mass is 10.1. The predicted molar refractivity (Wildman–Crippen MR) is 125 cm³/mol. The van der Waals surface area contributed by atoms with Crippen molar-refractivity contribution in [1.82, 2.24) is 19.8 Å². The Bertz CT molecular complexity index is 1320. The maximum atomic E-state index is 12.5. The van der Waals surface area contributed by atoms with Crippen LogP contribution in [-0.4, -0.2) is 47.0 Å². The summed E-state index contributed by atoms with van der Waals surface area (Å²) >= 11 is 0. The summed E-state index contributed by atoms with van der Waals surface area (Å²) in [4.78, 5) is 12.5. The second-order valence-corrected chi connectivity index (χ2v) is 7.10. The van der Waals surface area contributed by atoms with Crippen molar-refractivity contribution in [3.05, 3.63) is 66.0 Å². The standard InChI is InChI=1S/C24H23N5O4/c1-15-26-27-22-10-9-19(28-29(15)22)17-6-5-7-18(14-17)25-23(30)11-8-16-12-20(31-2)24(33-4)21(13-16)32-3/h5-14H,1-4H3,(H,25,30)/b11-8+. The molecule has 0 aliphatic carbocycles. The number of anilines is 1. The van der Waals surface area contributed by atoms with Crippen molar-refractivity contribution in [3.63, 3.8) is 0 Å². The topological polar surface area (TPSA) is 99.9 Å². The highest BCUT2D eigenvalue weighted by Gasteiger charge is 2.12. The molecule has 2 aromatic carbocycles. The lowest BCUT2D eigenvalue weighted by Gasteiger charge is -2.12. The first-order valence-corrected chi connectivity index (χ1v) is 10.1. The summed E-state index contributed by atoms with van der Waals surface area (Å²) < 4.78 is 17.7. The average molecular weight is 445 g/mol. The van der Waals surface area contributed by atoms with Gasteiger partial charge in [-0.2, -0.15) is 9.61 Å². The van der Waals surface area contributed by atoms with Gasteiger partial charge in [0, 0.05) is 17.3 Å². The molecule has 0 aliphatic heterocycles. The van der Waals surface area contributed by atoms with Gasteiger partial charge < -0.3 is 19.5 Å². The molecule has 4 aromatic rings. The Kier molecular flexibility index (Phi) is 6.21. The van der Waals surface area contributed by atoms with Crippen LogP contribution in [0.2, 0.25) is 0 Å². The molecule has 9 nitrogen and oxygen atoms in total. The molecule has 2 heterocycles. The minimum absolute atomic E-state index is 0.279. The number of fused-ring (bicyclic) bond motifs is 1. The minimum Gasteiger partial charge on any atom is -0.493 e. The Morgan fingerprint density at radius 1 is 0.970 bits per heavy atom. The number of ether oxygens (including phenoxy) is 3. The molecule has 1 amide bonds. The fourth-order valence-corrected chi connectivity index (χ4v) is 3.36. The molecule has 0 fully saturated rings. The van der Waals surface area contributed by atoms with E-state index in [9.17, 15) is 4.79 Å². The Balaban J connectivity index is 1.52. The van der Waals surface area contributed by atoms with E-state index in [1.165, 1.54) is 6.08 Å². The quantitative estimate of drug-likeness (QED) is 0.432. The normalized spacial score (nSPS) is 11.0. The van der Waals surface area contributed by atoms with Gasteiger partial charge in [0.2, 0.25) is 11.7 Å². The van der Waals surface area contributed by atoms with Crippen molar-refractivity contribution in [2.45, 2.75) is 6.92 Å². The van der Waals surface area contributed by atoms with E-state index in [1.807, 2.05) is 43.3 Å². The fraction of sp³-hybridized carbons (Fsp3) is 0.167. The smallest absolute Gasteiger partial charge is 0.248 e. The van der Waals surface area contributed by atoms with E-state index in [4.69, 9.17) is 14.2 Å². The van der Waals surface area contributed by atoms with E-state index in [0.29, 0.717) is 34.4 Å². The number of amides is 1. The highest BCUT2D eigenvalue weighted by atomic mass is 16.5. The molecule has 0 bridgehead atoms. The molecule has 4 rings (SSSR count). The molecule has 168 valence electrons. The minimum atomic E-state index is -0.279. The molecule has 0 atom stereocenters. The maximum absolute atomic E-state index is 12.5. The van der Waals surface area contributed by atoms with Crippen LogP contribution in [0.25, 0.3) is 23.0 Å². The van der Waals surface area contributed by atoms with Crippen LogP contribution in [0.1, 0.15) is 11.4 Å². The first kappa shape index (κ1) is 21.8. The molecule has 0 saturated heterocycles. The summed E-state index contributed by atoms with van der Waals surface area (Å²) in [7, 11) is 4.63. The molecule has 33 heavy (non-hydrogen) atoms. The first-order chi connectivity index (χ1) is 16.0. The monoisotopic (exact) mass is 445 g/mol. The number of methoxy groups -OCH3 is 3. The number of hydrogen-bond acceptors (Lipinski definition) is 7. The lowest BCUT2D eigenvalue weighted by Crippen LogP contribution is -2.07. The van der Waals surface area contributed by atoms with Gasteiger partial charge in [0.15, 0.2) is 23.0 Å². The van der Waals surface area contributed by atoms with Gasteiger partial charge in [-0.3, -0.25) is 4.79 Å². The fourth-order valence-electron chi connectivity index (χ4n) is 3.36. The summed E-state index contributed by atoms with van der Waals surface area (Å²) in [6, 6.07) is 14.7. The van der Waals surface area contributed by atoms with Crippen molar-refractivity contribution < 1.29 is 19.0 Å². The lowest BCUT2D eigenvalue weighted by molar-refractivity contribution is -0.111. The van der Waals surface area contributed by atoms with Gasteiger partial charge in [-0.15, -0.1) is 10.2 Å². The van der Waals surface area contributed by atoms with Crippen LogP contribution in [-0.2, 0) is 4.79 Å². The number of benzene rings is 2. The second-order valence-electron chi connectivity index (χ2n) is 7.10.